The number of aliphatic hydroxyl groups is 1. The van der Waals surface area contributed by atoms with Crippen LogP contribution in [0.1, 0.15) is 44.2 Å². The van der Waals surface area contributed by atoms with Crippen molar-refractivity contribution in [3.63, 3.8) is 0 Å². The third-order valence-corrected chi connectivity index (χ3v) is 6.66. The Morgan fingerprint density at radius 1 is 1.09 bits per heavy atom. The number of hydrogen-bond acceptors (Lipinski definition) is 3. The highest BCUT2D eigenvalue weighted by Gasteiger charge is 2.19. The first kappa shape index (κ1) is 23.2. The van der Waals surface area contributed by atoms with Gasteiger partial charge in [0.05, 0.1) is 12.7 Å². The SMILES string of the molecule is CC(C)CCn1cc(CN2CCC(O)CC2)c2cc(OCCc3ccc(Cl)cc3)ccc21. The minimum Gasteiger partial charge on any atom is -0.493 e. The maximum Gasteiger partial charge on any atom is 0.120 e. The van der Waals surface area contributed by atoms with Gasteiger partial charge in [0.2, 0.25) is 0 Å². The van der Waals surface area contributed by atoms with Gasteiger partial charge in [-0.2, -0.15) is 0 Å². The molecule has 0 spiro atoms. The molecule has 1 fully saturated rings. The molecule has 1 aliphatic rings. The number of aliphatic hydroxyl groups excluding tert-OH is 1. The molecule has 0 atom stereocenters. The average Bonchev–Trinajstić information content (AvgIpc) is 3.12. The van der Waals surface area contributed by atoms with Crippen molar-refractivity contribution >= 4 is 22.5 Å². The zero-order valence-electron chi connectivity index (χ0n) is 19.3. The van der Waals surface area contributed by atoms with Crippen LogP contribution in [0.5, 0.6) is 5.75 Å². The predicted molar refractivity (Wildman–Crippen MR) is 133 cm³/mol. The first-order valence-electron chi connectivity index (χ1n) is 11.9. The summed E-state index contributed by atoms with van der Waals surface area (Å²) in [5, 5.41) is 11.9. The van der Waals surface area contributed by atoms with E-state index in [-0.39, 0.29) is 6.10 Å². The van der Waals surface area contributed by atoms with Crippen molar-refractivity contribution in [2.45, 2.75) is 58.7 Å². The lowest BCUT2D eigenvalue weighted by molar-refractivity contribution is 0.0794. The maximum absolute atomic E-state index is 9.85. The van der Waals surface area contributed by atoms with E-state index in [0.29, 0.717) is 12.5 Å². The van der Waals surface area contributed by atoms with E-state index in [4.69, 9.17) is 16.3 Å². The van der Waals surface area contributed by atoms with Gasteiger partial charge in [0.1, 0.15) is 5.75 Å². The molecule has 0 aliphatic carbocycles. The summed E-state index contributed by atoms with van der Waals surface area (Å²) in [5.41, 5.74) is 3.86. The number of likely N-dealkylation sites (tertiary alicyclic amines) is 1. The van der Waals surface area contributed by atoms with Crippen LogP contribution in [0.2, 0.25) is 5.02 Å². The molecule has 4 rings (SSSR count). The van der Waals surface area contributed by atoms with Crippen molar-refractivity contribution < 1.29 is 9.84 Å². The molecular formula is C27H35ClN2O2. The van der Waals surface area contributed by atoms with Gasteiger partial charge < -0.3 is 14.4 Å². The summed E-state index contributed by atoms with van der Waals surface area (Å²) in [6.45, 7) is 9.06. The van der Waals surface area contributed by atoms with E-state index in [1.54, 1.807) is 0 Å². The van der Waals surface area contributed by atoms with Gasteiger partial charge in [0.25, 0.3) is 0 Å². The number of aromatic nitrogens is 1. The fraction of sp³-hybridized carbons (Fsp3) is 0.481. The van der Waals surface area contributed by atoms with Crippen molar-refractivity contribution in [1.82, 2.24) is 9.47 Å². The minimum atomic E-state index is -0.140. The molecule has 2 aromatic carbocycles. The summed E-state index contributed by atoms with van der Waals surface area (Å²) in [6.07, 6.45) is 5.94. The fourth-order valence-electron chi connectivity index (χ4n) is 4.40. The topological polar surface area (TPSA) is 37.6 Å². The van der Waals surface area contributed by atoms with Crippen molar-refractivity contribution in [2.24, 2.45) is 5.92 Å². The molecule has 3 aromatic rings. The summed E-state index contributed by atoms with van der Waals surface area (Å²) in [6, 6.07) is 14.5. The molecule has 0 unspecified atom stereocenters. The zero-order chi connectivity index (χ0) is 22.5. The van der Waals surface area contributed by atoms with Gasteiger partial charge in [-0.05, 0) is 66.6 Å². The molecule has 1 aromatic heterocycles. The lowest BCUT2D eigenvalue weighted by Crippen LogP contribution is -2.35. The molecule has 1 aliphatic heterocycles. The number of fused-ring (bicyclic) bond motifs is 1. The molecule has 1 saturated heterocycles. The Morgan fingerprint density at radius 2 is 1.84 bits per heavy atom. The Labute approximate surface area is 196 Å². The Morgan fingerprint density at radius 3 is 2.56 bits per heavy atom. The third kappa shape index (κ3) is 6.06. The van der Waals surface area contributed by atoms with E-state index >= 15 is 0 Å². The first-order valence-corrected chi connectivity index (χ1v) is 12.2. The predicted octanol–water partition coefficient (Wildman–Crippen LogP) is 5.92. The highest BCUT2D eigenvalue weighted by molar-refractivity contribution is 6.30. The lowest BCUT2D eigenvalue weighted by Gasteiger charge is -2.29. The average molecular weight is 455 g/mol. The molecule has 0 saturated carbocycles. The smallest absolute Gasteiger partial charge is 0.120 e. The number of piperidine rings is 1. The number of halogens is 1. The van der Waals surface area contributed by atoms with E-state index in [0.717, 1.165) is 56.2 Å². The molecule has 5 heteroatoms. The van der Waals surface area contributed by atoms with Gasteiger partial charge in [-0.15, -0.1) is 0 Å². The number of aryl methyl sites for hydroxylation is 1. The van der Waals surface area contributed by atoms with Crippen LogP contribution in [0.25, 0.3) is 10.9 Å². The maximum atomic E-state index is 9.85. The van der Waals surface area contributed by atoms with Gasteiger partial charge in [0, 0.05) is 54.7 Å². The van der Waals surface area contributed by atoms with Crippen LogP contribution in [0, 0.1) is 5.92 Å². The van der Waals surface area contributed by atoms with Crippen LogP contribution >= 0.6 is 11.6 Å². The van der Waals surface area contributed by atoms with Crippen molar-refractivity contribution in [3.8, 4) is 5.75 Å². The van der Waals surface area contributed by atoms with Gasteiger partial charge in [-0.3, -0.25) is 4.90 Å². The first-order chi connectivity index (χ1) is 15.5. The van der Waals surface area contributed by atoms with Gasteiger partial charge in [-0.1, -0.05) is 37.6 Å². The molecule has 0 radical (unpaired) electrons. The second kappa shape index (κ2) is 10.7. The number of rotatable bonds is 9. The second-order valence-corrected chi connectivity index (χ2v) is 9.88. The normalized spacial score (nSPS) is 15.7. The van der Waals surface area contributed by atoms with Crippen LogP contribution in [0.4, 0.5) is 0 Å². The van der Waals surface area contributed by atoms with Crippen LogP contribution in [-0.4, -0.2) is 40.4 Å². The monoisotopic (exact) mass is 454 g/mol. The van der Waals surface area contributed by atoms with E-state index in [9.17, 15) is 5.11 Å². The van der Waals surface area contributed by atoms with Crippen molar-refractivity contribution in [3.05, 3.63) is 64.8 Å². The van der Waals surface area contributed by atoms with Crippen molar-refractivity contribution in [2.75, 3.05) is 19.7 Å². The van der Waals surface area contributed by atoms with Crippen LogP contribution in [-0.2, 0) is 19.5 Å². The number of ether oxygens (including phenoxy) is 1. The Kier molecular flexibility index (Phi) is 7.77. The number of benzene rings is 2. The number of nitrogens with zero attached hydrogens (tertiary/aromatic N) is 2. The fourth-order valence-corrected chi connectivity index (χ4v) is 4.53. The molecular weight excluding hydrogens is 420 g/mol. The van der Waals surface area contributed by atoms with Crippen LogP contribution < -0.4 is 4.74 Å². The lowest BCUT2D eigenvalue weighted by atomic mass is 10.1. The second-order valence-electron chi connectivity index (χ2n) is 9.44. The largest absolute Gasteiger partial charge is 0.493 e. The minimum absolute atomic E-state index is 0.140. The summed E-state index contributed by atoms with van der Waals surface area (Å²) in [7, 11) is 0. The molecule has 2 heterocycles. The Hall–Kier alpha value is -2.01. The summed E-state index contributed by atoms with van der Waals surface area (Å²) in [4.78, 5) is 2.46. The Balaban J connectivity index is 1.49. The number of hydrogen-bond donors (Lipinski definition) is 1. The summed E-state index contributed by atoms with van der Waals surface area (Å²) < 4.78 is 8.53. The van der Waals surface area contributed by atoms with Gasteiger partial charge in [-0.25, -0.2) is 0 Å². The van der Waals surface area contributed by atoms with E-state index in [2.05, 4.69) is 59.8 Å². The Bertz CT molecular complexity index is 1000. The molecule has 4 nitrogen and oxygen atoms in total. The zero-order valence-corrected chi connectivity index (χ0v) is 20.0. The summed E-state index contributed by atoms with van der Waals surface area (Å²) in [5.74, 6) is 1.60. The quantitative estimate of drug-likeness (QED) is 0.436. The molecule has 172 valence electrons. The van der Waals surface area contributed by atoms with Crippen molar-refractivity contribution in [1.29, 1.82) is 0 Å². The highest BCUT2D eigenvalue weighted by atomic mass is 35.5. The highest BCUT2D eigenvalue weighted by Crippen LogP contribution is 2.29. The molecule has 0 amide bonds. The van der Waals surface area contributed by atoms with Gasteiger partial charge in [0.15, 0.2) is 0 Å². The standard InChI is InChI=1S/C27H35ClN2O2/c1-20(2)9-15-30-19-22(18-29-13-10-24(31)11-14-29)26-17-25(7-8-27(26)30)32-16-12-21-3-5-23(28)6-4-21/h3-8,17,19-20,24,31H,9-16,18H2,1-2H3. The molecule has 32 heavy (non-hydrogen) atoms. The van der Waals surface area contributed by atoms with Crippen LogP contribution in [0.3, 0.4) is 0 Å². The molecule has 0 bridgehead atoms. The summed E-state index contributed by atoms with van der Waals surface area (Å²) >= 11 is 5.98. The molecule has 1 N–H and O–H groups in total. The van der Waals surface area contributed by atoms with Crippen LogP contribution in [0.15, 0.2) is 48.7 Å². The van der Waals surface area contributed by atoms with E-state index < -0.39 is 0 Å². The van der Waals surface area contributed by atoms with E-state index in [1.165, 1.54) is 28.5 Å². The van der Waals surface area contributed by atoms with E-state index in [1.807, 2.05) is 12.1 Å². The van der Waals surface area contributed by atoms with Gasteiger partial charge >= 0.3 is 0 Å². The third-order valence-electron chi connectivity index (χ3n) is 6.41.